The number of methoxy groups -OCH3 is 1. The summed E-state index contributed by atoms with van der Waals surface area (Å²) in [4.78, 5) is 13.7. The Morgan fingerprint density at radius 2 is 2.00 bits per heavy atom. The second-order valence-corrected chi connectivity index (χ2v) is 8.42. The number of hydrogen-bond donors (Lipinski definition) is 0. The van der Waals surface area contributed by atoms with Gasteiger partial charge in [-0.2, -0.15) is 4.31 Å². The quantitative estimate of drug-likeness (QED) is 0.758. The minimum Gasteiger partial charge on any atom is -0.495 e. The lowest BCUT2D eigenvalue weighted by Gasteiger charge is -2.22. The van der Waals surface area contributed by atoms with E-state index in [1.807, 2.05) is 0 Å². The standard InChI is InChI=1S/C19H21FN2O4S/c1-21(13-14-5-3-6-15(20)11-14)27(24,25)16-8-9-18(26-2)17(12-16)22-10-4-7-19(22)23/h3,5-6,8-9,11-12H,4,7,10,13H2,1-2H3. The van der Waals surface area contributed by atoms with Gasteiger partial charge in [-0.1, -0.05) is 12.1 Å². The highest BCUT2D eigenvalue weighted by Crippen LogP contribution is 2.34. The Balaban J connectivity index is 1.93. The Labute approximate surface area is 158 Å². The van der Waals surface area contributed by atoms with Gasteiger partial charge in [0.05, 0.1) is 17.7 Å². The van der Waals surface area contributed by atoms with Crippen molar-refractivity contribution < 1.29 is 22.3 Å². The predicted octanol–water partition coefficient (Wildman–Crippen LogP) is 2.78. The summed E-state index contributed by atoms with van der Waals surface area (Å²) >= 11 is 0. The fourth-order valence-corrected chi connectivity index (χ4v) is 4.28. The van der Waals surface area contributed by atoms with Crippen molar-refractivity contribution in [2.75, 3.05) is 25.6 Å². The van der Waals surface area contributed by atoms with Gasteiger partial charge in [0.2, 0.25) is 15.9 Å². The maximum Gasteiger partial charge on any atom is 0.243 e. The zero-order valence-electron chi connectivity index (χ0n) is 15.2. The first kappa shape index (κ1) is 19.3. The van der Waals surface area contributed by atoms with Crippen molar-refractivity contribution in [1.29, 1.82) is 0 Å². The molecule has 0 atom stereocenters. The summed E-state index contributed by atoms with van der Waals surface area (Å²) in [6.07, 6.45) is 1.15. The topological polar surface area (TPSA) is 66.9 Å². The molecule has 1 fully saturated rings. The molecule has 6 nitrogen and oxygen atoms in total. The van der Waals surface area contributed by atoms with Gasteiger partial charge in [0, 0.05) is 26.6 Å². The Hall–Kier alpha value is -2.45. The zero-order chi connectivity index (χ0) is 19.6. The number of benzene rings is 2. The molecule has 2 aromatic rings. The van der Waals surface area contributed by atoms with Crippen LogP contribution >= 0.6 is 0 Å². The molecule has 0 spiro atoms. The highest BCUT2D eigenvalue weighted by Gasteiger charge is 2.28. The van der Waals surface area contributed by atoms with Crippen LogP contribution in [0.5, 0.6) is 5.75 Å². The van der Waals surface area contributed by atoms with Crippen LogP contribution in [-0.2, 0) is 21.4 Å². The van der Waals surface area contributed by atoms with Crippen LogP contribution in [0.1, 0.15) is 18.4 Å². The average molecular weight is 392 g/mol. The van der Waals surface area contributed by atoms with E-state index in [9.17, 15) is 17.6 Å². The molecule has 1 heterocycles. The van der Waals surface area contributed by atoms with Crippen LogP contribution in [0, 0.1) is 5.82 Å². The van der Waals surface area contributed by atoms with E-state index >= 15 is 0 Å². The Morgan fingerprint density at radius 1 is 1.22 bits per heavy atom. The Morgan fingerprint density at radius 3 is 2.63 bits per heavy atom. The van der Waals surface area contributed by atoms with Crippen molar-refractivity contribution in [3.8, 4) is 5.75 Å². The van der Waals surface area contributed by atoms with Crippen LogP contribution in [0.3, 0.4) is 0 Å². The van der Waals surface area contributed by atoms with Gasteiger partial charge >= 0.3 is 0 Å². The maximum absolute atomic E-state index is 13.4. The third-order valence-corrected chi connectivity index (χ3v) is 6.32. The number of halogens is 1. The van der Waals surface area contributed by atoms with Crippen molar-refractivity contribution >= 4 is 21.6 Å². The lowest BCUT2D eigenvalue weighted by molar-refractivity contribution is -0.117. The Kier molecular flexibility index (Phi) is 5.48. The van der Waals surface area contributed by atoms with E-state index in [1.165, 1.54) is 44.5 Å². The number of rotatable bonds is 6. The summed E-state index contributed by atoms with van der Waals surface area (Å²) in [5.74, 6) is -0.0366. The zero-order valence-corrected chi connectivity index (χ0v) is 16.0. The smallest absolute Gasteiger partial charge is 0.243 e. The fraction of sp³-hybridized carbons (Fsp3) is 0.316. The first-order valence-electron chi connectivity index (χ1n) is 8.52. The number of hydrogen-bond acceptors (Lipinski definition) is 4. The molecule has 0 radical (unpaired) electrons. The second-order valence-electron chi connectivity index (χ2n) is 6.37. The highest BCUT2D eigenvalue weighted by molar-refractivity contribution is 7.89. The summed E-state index contributed by atoms with van der Waals surface area (Å²) < 4.78 is 45.7. The molecule has 0 aromatic heterocycles. The van der Waals surface area contributed by atoms with Gasteiger partial charge in [0.15, 0.2) is 0 Å². The molecule has 2 aromatic carbocycles. The van der Waals surface area contributed by atoms with Crippen molar-refractivity contribution in [2.24, 2.45) is 0 Å². The molecule has 144 valence electrons. The van der Waals surface area contributed by atoms with Crippen LogP contribution < -0.4 is 9.64 Å². The van der Waals surface area contributed by atoms with Gasteiger partial charge in [-0.15, -0.1) is 0 Å². The molecular weight excluding hydrogens is 371 g/mol. The monoisotopic (exact) mass is 392 g/mol. The Bertz CT molecular complexity index is 962. The lowest BCUT2D eigenvalue weighted by Crippen LogP contribution is -2.28. The highest BCUT2D eigenvalue weighted by atomic mass is 32.2. The van der Waals surface area contributed by atoms with E-state index in [0.717, 1.165) is 10.7 Å². The van der Waals surface area contributed by atoms with E-state index in [-0.39, 0.29) is 17.3 Å². The molecule has 8 heteroatoms. The van der Waals surface area contributed by atoms with E-state index in [4.69, 9.17) is 4.74 Å². The fourth-order valence-electron chi connectivity index (χ4n) is 3.10. The molecule has 1 amide bonds. The SMILES string of the molecule is COc1ccc(S(=O)(=O)N(C)Cc2cccc(F)c2)cc1N1CCCC1=O. The maximum atomic E-state index is 13.4. The molecule has 1 saturated heterocycles. The summed E-state index contributed by atoms with van der Waals surface area (Å²) in [5.41, 5.74) is 0.991. The molecule has 0 aliphatic carbocycles. The van der Waals surface area contributed by atoms with Gasteiger partial charge in [-0.05, 0) is 42.3 Å². The third-order valence-electron chi connectivity index (χ3n) is 4.52. The largest absolute Gasteiger partial charge is 0.495 e. The number of amides is 1. The molecule has 1 aliphatic rings. The van der Waals surface area contributed by atoms with E-state index in [0.29, 0.717) is 30.0 Å². The molecule has 1 aliphatic heterocycles. The molecule has 3 rings (SSSR count). The van der Waals surface area contributed by atoms with Gasteiger partial charge in [-0.3, -0.25) is 4.79 Å². The van der Waals surface area contributed by atoms with Gasteiger partial charge < -0.3 is 9.64 Å². The van der Waals surface area contributed by atoms with Crippen molar-refractivity contribution in [3.05, 3.63) is 53.8 Å². The van der Waals surface area contributed by atoms with Crippen molar-refractivity contribution in [1.82, 2.24) is 4.31 Å². The van der Waals surface area contributed by atoms with Gasteiger partial charge in [0.1, 0.15) is 11.6 Å². The van der Waals surface area contributed by atoms with Crippen LogP contribution in [0.4, 0.5) is 10.1 Å². The first-order valence-corrected chi connectivity index (χ1v) is 9.96. The number of anilines is 1. The summed E-state index contributed by atoms with van der Waals surface area (Å²) in [6.45, 7) is 0.557. The molecule has 0 unspecified atom stereocenters. The van der Waals surface area contributed by atoms with Gasteiger partial charge in [0.25, 0.3) is 0 Å². The normalized spacial score (nSPS) is 14.8. The van der Waals surface area contributed by atoms with Crippen molar-refractivity contribution in [3.63, 3.8) is 0 Å². The van der Waals surface area contributed by atoms with Crippen LogP contribution in [-0.4, -0.2) is 39.3 Å². The second kappa shape index (κ2) is 7.66. The van der Waals surface area contributed by atoms with Crippen LogP contribution in [0.15, 0.2) is 47.4 Å². The molecule has 0 N–H and O–H groups in total. The van der Waals surface area contributed by atoms with Crippen LogP contribution in [0.2, 0.25) is 0 Å². The van der Waals surface area contributed by atoms with E-state index < -0.39 is 15.8 Å². The first-order chi connectivity index (χ1) is 12.8. The third kappa shape index (κ3) is 3.96. The molecule has 0 saturated carbocycles. The predicted molar refractivity (Wildman–Crippen MR) is 99.6 cm³/mol. The number of carbonyl (C=O) groups excluding carboxylic acids is 1. The van der Waals surface area contributed by atoms with E-state index in [1.54, 1.807) is 17.0 Å². The summed E-state index contributed by atoms with van der Waals surface area (Å²) in [7, 11) is -0.916. The van der Waals surface area contributed by atoms with Crippen LogP contribution in [0.25, 0.3) is 0 Å². The number of nitrogens with zero attached hydrogens (tertiary/aromatic N) is 2. The minimum absolute atomic E-state index is 0.0318. The summed E-state index contributed by atoms with van der Waals surface area (Å²) in [5, 5.41) is 0. The molecular formula is C19H21FN2O4S. The van der Waals surface area contributed by atoms with E-state index in [2.05, 4.69) is 0 Å². The molecule has 0 bridgehead atoms. The van der Waals surface area contributed by atoms with Gasteiger partial charge in [-0.25, -0.2) is 12.8 Å². The lowest BCUT2D eigenvalue weighted by atomic mass is 10.2. The average Bonchev–Trinajstić information content (AvgIpc) is 3.07. The number of sulfonamides is 1. The van der Waals surface area contributed by atoms with Crippen molar-refractivity contribution in [2.45, 2.75) is 24.3 Å². The minimum atomic E-state index is -3.83. The molecule has 27 heavy (non-hydrogen) atoms. The number of ether oxygens (including phenoxy) is 1. The summed E-state index contributed by atoms with van der Waals surface area (Å²) in [6, 6.07) is 10.3. The number of carbonyl (C=O) groups is 1.